The number of carbonyl (C=O) groups excluding carboxylic acids is 2. The van der Waals surface area contributed by atoms with Crippen molar-refractivity contribution in [2.75, 3.05) is 13.2 Å². The molecule has 60 heavy (non-hydrogen) atoms. The van der Waals surface area contributed by atoms with Crippen molar-refractivity contribution >= 4 is 22.1 Å². The van der Waals surface area contributed by atoms with Crippen molar-refractivity contribution in [2.45, 2.75) is 250 Å². The third kappa shape index (κ3) is 32.3. The summed E-state index contributed by atoms with van der Waals surface area (Å²) in [7, 11) is -4.77. The van der Waals surface area contributed by atoms with E-state index in [4.69, 9.17) is 9.47 Å². The molecule has 0 aliphatic carbocycles. The Hall–Kier alpha value is -2.45. The molecule has 1 rings (SSSR count). The van der Waals surface area contributed by atoms with Crippen LogP contribution in [0.15, 0.2) is 47.4 Å². The van der Waals surface area contributed by atoms with Gasteiger partial charge in [-0.15, -0.1) is 0 Å². The maximum absolute atomic E-state index is 13.1. The van der Waals surface area contributed by atoms with E-state index in [1.54, 1.807) is 0 Å². The molecule has 1 aromatic carbocycles. The normalized spacial score (nSPS) is 11.9. The largest absolute Gasteiger partial charge is 0.462 e. The van der Waals surface area contributed by atoms with Gasteiger partial charge in [0.25, 0.3) is 10.1 Å². The lowest BCUT2D eigenvalue weighted by molar-refractivity contribution is 0.0446. The van der Waals surface area contributed by atoms with E-state index in [0.29, 0.717) is 12.8 Å². The van der Waals surface area contributed by atoms with Crippen molar-refractivity contribution < 1.29 is 32.0 Å². The first-order valence-electron chi connectivity index (χ1n) is 25.1. The van der Waals surface area contributed by atoms with Crippen LogP contribution in [0, 0.1) is 0 Å². The number of carbonyl (C=O) groups is 2. The second-order valence-corrected chi connectivity index (χ2v) is 18.5. The summed E-state index contributed by atoms with van der Waals surface area (Å²) >= 11 is 0. The molecular formula is C52H90O7S. The van der Waals surface area contributed by atoms with Gasteiger partial charge in [-0.3, -0.25) is 4.55 Å². The third-order valence-electron chi connectivity index (χ3n) is 11.5. The van der Waals surface area contributed by atoms with Gasteiger partial charge in [-0.25, -0.2) is 9.59 Å². The molecule has 0 amide bonds. The van der Waals surface area contributed by atoms with Crippen molar-refractivity contribution in [2.24, 2.45) is 0 Å². The first kappa shape index (κ1) is 55.6. The molecule has 0 saturated heterocycles. The van der Waals surface area contributed by atoms with Gasteiger partial charge in [0.1, 0.15) is 4.90 Å². The van der Waals surface area contributed by atoms with Crippen molar-refractivity contribution in [3.05, 3.63) is 53.6 Å². The number of benzene rings is 1. The number of hydrogen-bond donors (Lipinski definition) is 1. The molecule has 0 bridgehead atoms. The molecule has 0 radical (unpaired) electrons. The minimum atomic E-state index is -4.77. The zero-order valence-corrected chi connectivity index (χ0v) is 39.5. The summed E-state index contributed by atoms with van der Waals surface area (Å²) in [5.74, 6) is -1.76. The molecule has 0 atom stereocenters. The molecule has 1 N–H and O–H groups in total. The number of hydrogen-bond acceptors (Lipinski definition) is 6. The molecule has 0 aliphatic heterocycles. The monoisotopic (exact) mass is 859 g/mol. The van der Waals surface area contributed by atoms with Crippen LogP contribution in [0.3, 0.4) is 0 Å². The maximum atomic E-state index is 13.1. The van der Waals surface area contributed by atoms with E-state index < -0.39 is 32.5 Å². The van der Waals surface area contributed by atoms with Crippen LogP contribution in [0.4, 0.5) is 0 Å². The van der Waals surface area contributed by atoms with Gasteiger partial charge in [0.2, 0.25) is 0 Å². The predicted octanol–water partition coefficient (Wildman–Crippen LogP) is 16.4. The van der Waals surface area contributed by atoms with Crippen LogP contribution < -0.4 is 0 Å². The first-order valence-corrected chi connectivity index (χ1v) is 26.5. The quantitative estimate of drug-likeness (QED) is 0.0302. The summed E-state index contributed by atoms with van der Waals surface area (Å²) in [6.07, 6.45) is 53.5. The molecule has 0 unspecified atom stereocenters. The maximum Gasteiger partial charge on any atom is 0.340 e. The second kappa shape index (κ2) is 40.6. The Kier molecular flexibility index (Phi) is 37.6. The van der Waals surface area contributed by atoms with Crippen LogP contribution in [0.25, 0.3) is 0 Å². The smallest absolute Gasteiger partial charge is 0.340 e. The van der Waals surface area contributed by atoms with E-state index in [2.05, 4.69) is 38.2 Å². The lowest BCUT2D eigenvalue weighted by atomic mass is 10.1. The van der Waals surface area contributed by atoms with Gasteiger partial charge >= 0.3 is 11.9 Å². The Bertz CT molecular complexity index is 1340. The van der Waals surface area contributed by atoms with Gasteiger partial charge in [-0.1, -0.05) is 211 Å². The highest BCUT2D eigenvalue weighted by Gasteiger charge is 2.28. The van der Waals surface area contributed by atoms with Crippen LogP contribution in [0.2, 0.25) is 0 Å². The Morgan fingerprint density at radius 2 is 0.750 bits per heavy atom. The minimum absolute atomic E-state index is 0.0984. The summed E-state index contributed by atoms with van der Waals surface area (Å²) in [6.45, 7) is 4.80. The Morgan fingerprint density at radius 1 is 0.450 bits per heavy atom. The number of unbranched alkanes of at least 4 members (excludes halogenated alkanes) is 32. The van der Waals surface area contributed by atoms with Crippen LogP contribution >= 0.6 is 0 Å². The van der Waals surface area contributed by atoms with E-state index >= 15 is 0 Å². The van der Waals surface area contributed by atoms with Crippen LogP contribution in [0.1, 0.15) is 266 Å². The predicted molar refractivity (Wildman–Crippen MR) is 253 cm³/mol. The summed E-state index contributed by atoms with van der Waals surface area (Å²) in [5, 5.41) is 0. The summed E-state index contributed by atoms with van der Waals surface area (Å²) in [4.78, 5) is 25.4. The standard InChI is InChI=1S/C52H90O7S/c1-3-5-7-9-11-13-15-17-19-21-23-25-27-29-31-33-35-37-39-41-46-58-51(53)48-44-43-45-49(60(55,56)57)50(48)52(54)59-47-42-40-38-36-34-32-30-28-26-24-22-20-18-16-14-12-10-8-6-4-2/h27-30,43-45H,3-26,31-42,46-47H2,1-2H3,(H,55,56,57)/b29-27+,30-28+. The van der Waals surface area contributed by atoms with Crippen LogP contribution in [-0.2, 0) is 19.6 Å². The second-order valence-electron chi connectivity index (χ2n) is 17.1. The molecule has 8 heteroatoms. The van der Waals surface area contributed by atoms with Gasteiger partial charge in [-0.2, -0.15) is 8.42 Å². The molecule has 0 fully saturated rings. The SMILES string of the molecule is CCCCCCCCCCCCC/C=C/CCCCCCCOC(=O)c1cccc(S(=O)(=O)O)c1C(=O)OCCCCCCC/C=C/CCCCCCCCCCCCC. The number of allylic oxidation sites excluding steroid dienone is 4. The third-order valence-corrected chi connectivity index (χ3v) is 12.4. The lowest BCUT2D eigenvalue weighted by Crippen LogP contribution is -2.19. The zero-order chi connectivity index (χ0) is 43.6. The van der Waals surface area contributed by atoms with Gasteiger partial charge in [0.15, 0.2) is 0 Å². The van der Waals surface area contributed by atoms with Crippen LogP contribution in [0.5, 0.6) is 0 Å². The zero-order valence-electron chi connectivity index (χ0n) is 38.7. The highest BCUT2D eigenvalue weighted by atomic mass is 32.2. The Morgan fingerprint density at radius 3 is 1.08 bits per heavy atom. The highest BCUT2D eigenvalue weighted by molar-refractivity contribution is 7.86. The van der Waals surface area contributed by atoms with Crippen LogP contribution in [-0.4, -0.2) is 38.1 Å². The highest BCUT2D eigenvalue weighted by Crippen LogP contribution is 2.23. The molecule has 0 saturated carbocycles. The van der Waals surface area contributed by atoms with E-state index in [0.717, 1.165) is 70.3 Å². The fourth-order valence-corrected chi connectivity index (χ4v) is 8.42. The molecule has 0 aliphatic rings. The first-order chi connectivity index (χ1) is 29.3. The van der Waals surface area contributed by atoms with Gasteiger partial charge in [0.05, 0.1) is 24.3 Å². The van der Waals surface area contributed by atoms with Crippen molar-refractivity contribution in [3.63, 3.8) is 0 Å². The molecule has 7 nitrogen and oxygen atoms in total. The Labute approximate surface area is 369 Å². The molecule has 0 heterocycles. The molecule has 0 spiro atoms. The molecule has 1 aromatic rings. The van der Waals surface area contributed by atoms with Crippen molar-refractivity contribution in [1.82, 2.24) is 0 Å². The fourth-order valence-electron chi connectivity index (χ4n) is 7.72. The lowest BCUT2D eigenvalue weighted by Gasteiger charge is -2.13. The average molecular weight is 859 g/mol. The molecule has 346 valence electrons. The van der Waals surface area contributed by atoms with Crippen molar-refractivity contribution in [1.29, 1.82) is 0 Å². The van der Waals surface area contributed by atoms with Gasteiger partial charge < -0.3 is 9.47 Å². The summed E-state index contributed by atoms with van der Waals surface area (Å²) < 4.78 is 44.9. The topological polar surface area (TPSA) is 107 Å². The van der Waals surface area contributed by atoms with E-state index in [9.17, 15) is 22.6 Å². The van der Waals surface area contributed by atoms with E-state index in [-0.39, 0.29) is 18.8 Å². The molecular weight excluding hydrogens is 769 g/mol. The van der Waals surface area contributed by atoms with E-state index in [1.165, 1.54) is 166 Å². The molecule has 0 aromatic heterocycles. The number of ether oxygens (including phenoxy) is 2. The Balaban J connectivity index is 2.18. The number of rotatable bonds is 43. The summed E-state index contributed by atoms with van der Waals surface area (Å²) in [5.41, 5.74) is -0.687. The number of esters is 2. The van der Waals surface area contributed by atoms with Gasteiger partial charge in [-0.05, 0) is 76.3 Å². The van der Waals surface area contributed by atoms with Crippen molar-refractivity contribution in [3.8, 4) is 0 Å². The minimum Gasteiger partial charge on any atom is -0.462 e. The average Bonchev–Trinajstić information content (AvgIpc) is 3.24. The fraction of sp³-hybridized carbons (Fsp3) is 0.769. The summed E-state index contributed by atoms with van der Waals surface area (Å²) in [6, 6.07) is 3.75. The van der Waals surface area contributed by atoms with Gasteiger partial charge in [0, 0.05) is 0 Å². The van der Waals surface area contributed by atoms with E-state index in [1.807, 2.05) is 0 Å².